The van der Waals surface area contributed by atoms with Crippen molar-refractivity contribution in [3.05, 3.63) is 47.4 Å². The van der Waals surface area contributed by atoms with E-state index in [1.807, 2.05) is 37.4 Å². The zero-order chi connectivity index (χ0) is 14.5. The van der Waals surface area contributed by atoms with Crippen molar-refractivity contribution in [2.24, 2.45) is 0 Å². The zero-order valence-electron chi connectivity index (χ0n) is 12.5. The summed E-state index contributed by atoms with van der Waals surface area (Å²) in [6, 6.07) is 10.0. The fourth-order valence-electron chi connectivity index (χ4n) is 1.95. The molecule has 1 aromatic carbocycles. The molecule has 1 N–H and O–H groups in total. The summed E-state index contributed by atoms with van der Waals surface area (Å²) >= 11 is 0. The van der Waals surface area contributed by atoms with Crippen LogP contribution in [0.5, 0.6) is 5.75 Å². The van der Waals surface area contributed by atoms with E-state index < -0.39 is 0 Å². The van der Waals surface area contributed by atoms with E-state index in [-0.39, 0.29) is 0 Å². The Labute approximate surface area is 120 Å². The lowest BCUT2D eigenvalue weighted by Gasteiger charge is -2.10. The smallest absolute Gasteiger partial charge is 0.135 e. The average Bonchev–Trinajstić information content (AvgIpc) is 2.47. The summed E-state index contributed by atoms with van der Waals surface area (Å²) in [6.45, 7) is 4.28. The van der Waals surface area contributed by atoms with Gasteiger partial charge in [-0.1, -0.05) is 26.0 Å². The first-order valence-electron chi connectivity index (χ1n) is 6.81. The van der Waals surface area contributed by atoms with Crippen molar-refractivity contribution in [1.29, 1.82) is 0 Å². The number of nitrogens with zero attached hydrogens (tertiary/aromatic N) is 2. The molecule has 0 aliphatic heterocycles. The van der Waals surface area contributed by atoms with E-state index >= 15 is 0 Å². The van der Waals surface area contributed by atoms with Crippen LogP contribution in [0.25, 0.3) is 0 Å². The van der Waals surface area contributed by atoms with Crippen molar-refractivity contribution < 1.29 is 4.74 Å². The lowest BCUT2D eigenvalue weighted by atomic mass is 10.1. The van der Waals surface area contributed by atoms with Gasteiger partial charge in [0.1, 0.15) is 17.4 Å². The molecule has 106 valence electrons. The molecular formula is C16H21N3O. The molecule has 1 aromatic heterocycles. The summed E-state index contributed by atoms with van der Waals surface area (Å²) in [5.41, 5.74) is 2.24. The third-order valence-corrected chi connectivity index (χ3v) is 3.16. The van der Waals surface area contributed by atoms with Gasteiger partial charge >= 0.3 is 0 Å². The Morgan fingerprint density at radius 3 is 2.40 bits per heavy atom. The molecule has 0 spiro atoms. The molecule has 1 heterocycles. The third-order valence-electron chi connectivity index (χ3n) is 3.16. The second-order valence-electron chi connectivity index (χ2n) is 5.02. The van der Waals surface area contributed by atoms with E-state index in [4.69, 9.17) is 4.74 Å². The number of hydrogen-bond donors (Lipinski definition) is 1. The van der Waals surface area contributed by atoms with Gasteiger partial charge in [0.2, 0.25) is 0 Å². The first-order valence-corrected chi connectivity index (χ1v) is 6.81. The van der Waals surface area contributed by atoms with Crippen molar-refractivity contribution in [3.63, 3.8) is 0 Å². The lowest BCUT2D eigenvalue weighted by Crippen LogP contribution is -2.05. The van der Waals surface area contributed by atoms with Gasteiger partial charge in [-0.2, -0.15) is 0 Å². The van der Waals surface area contributed by atoms with Gasteiger partial charge in [0.15, 0.2) is 0 Å². The molecule has 0 bridgehead atoms. The van der Waals surface area contributed by atoms with E-state index in [0.29, 0.717) is 5.92 Å². The van der Waals surface area contributed by atoms with Crippen molar-refractivity contribution in [1.82, 2.24) is 9.97 Å². The van der Waals surface area contributed by atoms with Crippen LogP contribution < -0.4 is 10.1 Å². The molecule has 0 atom stereocenters. The van der Waals surface area contributed by atoms with Gasteiger partial charge in [0.05, 0.1) is 7.11 Å². The first kappa shape index (κ1) is 14.3. The van der Waals surface area contributed by atoms with Crippen LogP contribution in [0, 0.1) is 0 Å². The molecule has 4 heteroatoms. The van der Waals surface area contributed by atoms with E-state index in [2.05, 4.69) is 29.1 Å². The predicted octanol–water partition coefficient (Wildman–Crippen LogP) is 3.24. The van der Waals surface area contributed by atoms with Crippen LogP contribution in [0.4, 0.5) is 5.82 Å². The minimum atomic E-state index is 0.389. The van der Waals surface area contributed by atoms with Gasteiger partial charge in [-0.3, -0.25) is 0 Å². The second-order valence-corrected chi connectivity index (χ2v) is 5.02. The maximum absolute atomic E-state index is 5.17. The van der Waals surface area contributed by atoms with Crippen molar-refractivity contribution in [3.8, 4) is 5.75 Å². The molecule has 0 fully saturated rings. The molecule has 0 saturated heterocycles. The Morgan fingerprint density at radius 1 is 1.15 bits per heavy atom. The predicted molar refractivity (Wildman–Crippen MR) is 81.5 cm³/mol. The summed E-state index contributed by atoms with van der Waals surface area (Å²) in [6.07, 6.45) is 0.721. The summed E-state index contributed by atoms with van der Waals surface area (Å²) in [5.74, 6) is 2.96. The Bertz CT molecular complexity index is 564. The molecule has 0 saturated carbocycles. The van der Waals surface area contributed by atoms with E-state index in [1.165, 1.54) is 5.56 Å². The second kappa shape index (κ2) is 6.37. The van der Waals surface area contributed by atoms with Gasteiger partial charge in [0.25, 0.3) is 0 Å². The number of anilines is 1. The van der Waals surface area contributed by atoms with Crippen LogP contribution >= 0.6 is 0 Å². The fraction of sp³-hybridized carbons (Fsp3) is 0.375. The number of benzene rings is 1. The summed E-state index contributed by atoms with van der Waals surface area (Å²) in [7, 11) is 3.55. The Balaban J connectivity index is 2.24. The van der Waals surface area contributed by atoms with Crippen LogP contribution in [0.2, 0.25) is 0 Å². The molecule has 2 aromatic rings. The largest absolute Gasteiger partial charge is 0.497 e. The van der Waals surface area contributed by atoms with Gasteiger partial charge in [-0.15, -0.1) is 0 Å². The minimum Gasteiger partial charge on any atom is -0.497 e. The van der Waals surface area contributed by atoms with Crippen LogP contribution in [0.1, 0.15) is 36.8 Å². The lowest BCUT2D eigenvalue weighted by molar-refractivity contribution is 0.414. The minimum absolute atomic E-state index is 0.389. The molecule has 0 amide bonds. The molecule has 4 nitrogen and oxygen atoms in total. The van der Waals surface area contributed by atoms with Crippen LogP contribution in [-0.2, 0) is 6.42 Å². The van der Waals surface area contributed by atoms with Gasteiger partial charge < -0.3 is 10.1 Å². The topological polar surface area (TPSA) is 47.0 Å². The monoisotopic (exact) mass is 271 g/mol. The number of ether oxygens (including phenoxy) is 1. The maximum atomic E-state index is 5.17. The maximum Gasteiger partial charge on any atom is 0.135 e. The molecule has 2 rings (SSSR count). The van der Waals surface area contributed by atoms with Crippen molar-refractivity contribution in [2.45, 2.75) is 26.2 Å². The number of rotatable bonds is 5. The highest BCUT2D eigenvalue weighted by atomic mass is 16.5. The van der Waals surface area contributed by atoms with E-state index in [0.717, 1.165) is 29.5 Å². The molecule has 0 aliphatic carbocycles. The molecular weight excluding hydrogens is 250 g/mol. The molecule has 0 unspecified atom stereocenters. The van der Waals surface area contributed by atoms with Crippen LogP contribution in [-0.4, -0.2) is 24.1 Å². The van der Waals surface area contributed by atoms with Gasteiger partial charge in [0, 0.05) is 25.2 Å². The third kappa shape index (κ3) is 3.47. The quantitative estimate of drug-likeness (QED) is 0.907. The fourth-order valence-corrected chi connectivity index (χ4v) is 1.95. The highest BCUT2D eigenvalue weighted by molar-refractivity contribution is 5.37. The average molecular weight is 271 g/mol. The Kier molecular flexibility index (Phi) is 4.56. The molecule has 0 radical (unpaired) electrons. The van der Waals surface area contributed by atoms with Crippen LogP contribution in [0.15, 0.2) is 30.3 Å². The van der Waals surface area contributed by atoms with Crippen molar-refractivity contribution in [2.75, 3.05) is 19.5 Å². The first-order chi connectivity index (χ1) is 9.62. The van der Waals surface area contributed by atoms with Gasteiger partial charge in [-0.05, 0) is 23.6 Å². The number of nitrogens with one attached hydrogen (secondary N) is 1. The van der Waals surface area contributed by atoms with Gasteiger partial charge in [-0.25, -0.2) is 9.97 Å². The number of methoxy groups -OCH3 is 1. The molecule has 0 aliphatic rings. The normalized spacial score (nSPS) is 10.7. The highest BCUT2D eigenvalue weighted by Gasteiger charge is 2.08. The number of hydrogen-bond acceptors (Lipinski definition) is 4. The summed E-state index contributed by atoms with van der Waals surface area (Å²) in [5, 5.41) is 3.10. The van der Waals surface area contributed by atoms with E-state index in [1.54, 1.807) is 7.11 Å². The van der Waals surface area contributed by atoms with Crippen LogP contribution in [0.3, 0.4) is 0 Å². The standard InChI is InChI=1S/C16H21N3O/c1-11(2)14-10-15(17-3)19-16(18-14)9-12-5-7-13(20-4)8-6-12/h5-8,10-11H,9H2,1-4H3,(H,17,18,19). The Hall–Kier alpha value is -2.10. The molecule has 20 heavy (non-hydrogen) atoms. The number of aromatic nitrogens is 2. The zero-order valence-corrected chi connectivity index (χ0v) is 12.5. The van der Waals surface area contributed by atoms with Crippen molar-refractivity contribution >= 4 is 5.82 Å². The SMILES string of the molecule is CNc1cc(C(C)C)nc(Cc2ccc(OC)cc2)n1. The Morgan fingerprint density at radius 2 is 1.85 bits per heavy atom. The van der Waals surface area contributed by atoms with E-state index in [9.17, 15) is 0 Å². The summed E-state index contributed by atoms with van der Waals surface area (Å²) in [4.78, 5) is 9.16. The summed E-state index contributed by atoms with van der Waals surface area (Å²) < 4.78 is 5.17. The highest BCUT2D eigenvalue weighted by Crippen LogP contribution is 2.18.